The average molecular weight is 1450 g/mol. The zero-order valence-electron chi connectivity index (χ0n) is 72.5. The van der Waals surface area contributed by atoms with E-state index in [1.807, 2.05) is 288 Å². The van der Waals surface area contributed by atoms with Gasteiger partial charge in [0, 0.05) is 73.4 Å². The van der Waals surface area contributed by atoms with Crippen molar-refractivity contribution < 1.29 is 60.0 Å². The van der Waals surface area contributed by atoms with Crippen molar-refractivity contribution in [2.24, 2.45) is 5.41 Å². The van der Waals surface area contributed by atoms with Crippen LogP contribution in [0.2, 0.25) is 0 Å². The molecule has 6 fully saturated rings. The second-order valence-electron chi connectivity index (χ2n) is 38.4. The number of carbonyl (C=O) groups is 6. The van der Waals surface area contributed by atoms with Crippen LogP contribution in [0.25, 0.3) is 0 Å². The number of hydroxylamine groups is 12. The molecular formula is C79H157N11O12. The first-order valence-corrected chi connectivity index (χ1v) is 38.6. The Hall–Kier alpha value is -3.46. The van der Waals surface area contributed by atoms with Crippen LogP contribution in [0.3, 0.4) is 0 Å². The number of hydrogen-bond acceptors (Lipinski definition) is 18. The van der Waals surface area contributed by atoms with Gasteiger partial charge in [-0.2, -0.15) is 30.4 Å². The Labute approximate surface area is 621 Å². The standard InChI is InChI=1S/2C14H28N2O2.2C13H26N2O2.C13H25NO2.C12H24N2O2/c1-8-13(6)10-15(12(3,4)5)11(17)14(7,9-2)16(13)18;1-8-14(9-2)11(17)15(12(3,4)5)10-13(6,7)16(14)18;1-8-13(7)10(16)14(11(2,3)4)9-12(5,6)15(13)17;1-7-13(8-2)11(16)14(10(3)4)9-12(5,6)15(13)17;1-7-13(8-2)10(15)9-11(3,4)12(5,6)14(13)16;1-7-12(6)10(15)13(9(2)3)8-11(4,5)14(12)16/h2*18H,8-10H2,1-7H3;17H,8-9H2,1-7H3;10,17H,7-9H2,1-6H3;16H,7-9H2,1-6H3;9,16H,7-8H2,1-6H3. The fraction of sp³-hybridized carbons (Fsp3) is 0.924. The minimum absolute atomic E-state index is 0.00863. The highest BCUT2D eigenvalue weighted by Gasteiger charge is 2.61. The van der Waals surface area contributed by atoms with E-state index in [0.29, 0.717) is 96.9 Å². The van der Waals surface area contributed by atoms with Crippen molar-refractivity contribution in [2.75, 3.05) is 32.7 Å². The Balaban J connectivity index is 0.000000612. The van der Waals surface area contributed by atoms with E-state index in [1.54, 1.807) is 0 Å². The van der Waals surface area contributed by atoms with E-state index in [9.17, 15) is 60.0 Å². The van der Waals surface area contributed by atoms with Gasteiger partial charge in [-0.15, -0.1) is 0 Å². The topological polar surface area (TPSA) is 259 Å². The van der Waals surface area contributed by atoms with Gasteiger partial charge in [0.05, 0.1) is 27.7 Å². The molecule has 0 aromatic carbocycles. The monoisotopic (exact) mass is 1450 g/mol. The minimum atomic E-state index is -0.824. The summed E-state index contributed by atoms with van der Waals surface area (Å²) < 4.78 is 0. The second kappa shape index (κ2) is 33.2. The van der Waals surface area contributed by atoms with Crippen LogP contribution in [0, 0.1) is 5.41 Å². The number of rotatable bonds is 12. The normalized spacial score (nSPS) is 29.0. The molecule has 0 aromatic heterocycles. The van der Waals surface area contributed by atoms with E-state index >= 15 is 0 Å². The maximum Gasteiger partial charge on any atom is 0.245 e. The zero-order chi connectivity index (χ0) is 81.3. The fourth-order valence-corrected chi connectivity index (χ4v) is 15.6. The van der Waals surface area contributed by atoms with Crippen molar-refractivity contribution in [1.82, 2.24) is 54.9 Å². The molecule has 6 aliphatic heterocycles. The molecule has 23 nitrogen and oxygen atoms in total. The van der Waals surface area contributed by atoms with Gasteiger partial charge < -0.3 is 55.7 Å². The summed E-state index contributed by atoms with van der Waals surface area (Å²) in [4.78, 5) is 84.6. The number of piperidine rings is 1. The molecule has 6 rings (SSSR count). The van der Waals surface area contributed by atoms with E-state index in [4.69, 9.17) is 0 Å². The van der Waals surface area contributed by atoms with Gasteiger partial charge in [-0.3, -0.25) is 28.8 Å². The van der Waals surface area contributed by atoms with Crippen LogP contribution in [0.1, 0.15) is 341 Å². The van der Waals surface area contributed by atoms with Crippen LogP contribution in [0.4, 0.5) is 0 Å². The van der Waals surface area contributed by atoms with Gasteiger partial charge in [-0.25, -0.2) is 0 Å². The average Bonchev–Trinajstić information content (AvgIpc) is 0.760. The number of Topliss-reactive ketones (excluding diaryl/α,β-unsaturated/α-hetero) is 1. The largest absolute Gasteiger partial charge is 0.337 e. The van der Waals surface area contributed by atoms with Gasteiger partial charge >= 0.3 is 0 Å². The summed E-state index contributed by atoms with van der Waals surface area (Å²) in [6.45, 7) is 80.3. The van der Waals surface area contributed by atoms with Gasteiger partial charge in [-0.1, -0.05) is 83.1 Å². The summed E-state index contributed by atoms with van der Waals surface area (Å²) in [6, 6.07) is 0.347. The molecule has 0 spiro atoms. The molecule has 0 aromatic rings. The van der Waals surface area contributed by atoms with Crippen LogP contribution in [-0.4, -0.2) is 249 Å². The first-order chi connectivity index (χ1) is 45.6. The third-order valence-electron chi connectivity index (χ3n) is 24.9. The summed E-state index contributed by atoms with van der Waals surface area (Å²) in [7, 11) is 0. The number of piperazine rings is 5. The molecule has 6 heterocycles. The van der Waals surface area contributed by atoms with Gasteiger partial charge in [-0.05, 0) is 257 Å². The summed E-state index contributed by atoms with van der Waals surface area (Å²) in [5, 5.41) is 70.0. The summed E-state index contributed by atoms with van der Waals surface area (Å²) in [5.74, 6) is 0.317. The van der Waals surface area contributed by atoms with Gasteiger partial charge in [0.1, 0.15) is 33.2 Å². The minimum Gasteiger partial charge on any atom is -0.337 e. The van der Waals surface area contributed by atoms with Crippen molar-refractivity contribution in [3.63, 3.8) is 0 Å². The van der Waals surface area contributed by atoms with Crippen molar-refractivity contribution in [1.29, 1.82) is 0 Å². The molecule has 0 saturated carbocycles. The predicted octanol–water partition coefficient (Wildman–Crippen LogP) is 14.7. The smallest absolute Gasteiger partial charge is 0.245 e. The fourth-order valence-electron chi connectivity index (χ4n) is 15.6. The Morgan fingerprint density at radius 1 is 0.314 bits per heavy atom. The van der Waals surface area contributed by atoms with E-state index in [1.165, 1.54) is 30.4 Å². The van der Waals surface area contributed by atoms with Crippen LogP contribution in [0.5, 0.6) is 0 Å². The lowest BCUT2D eigenvalue weighted by Gasteiger charge is -2.57. The number of carbonyl (C=O) groups excluding carboxylic acids is 6. The second-order valence-corrected chi connectivity index (χ2v) is 38.4. The molecule has 23 heteroatoms. The first kappa shape index (κ1) is 96.6. The number of hydrogen-bond donors (Lipinski definition) is 6. The van der Waals surface area contributed by atoms with Gasteiger partial charge in [0.15, 0.2) is 5.78 Å². The Morgan fingerprint density at radius 2 is 0.578 bits per heavy atom. The molecule has 0 bridgehead atoms. The van der Waals surface area contributed by atoms with Crippen molar-refractivity contribution >= 4 is 35.3 Å². The molecule has 600 valence electrons. The maximum atomic E-state index is 12.8. The van der Waals surface area contributed by atoms with Crippen molar-refractivity contribution in [3.05, 3.63) is 0 Å². The quantitative estimate of drug-likeness (QED) is 0.106. The van der Waals surface area contributed by atoms with E-state index < -0.39 is 55.4 Å². The molecule has 4 unspecified atom stereocenters. The van der Waals surface area contributed by atoms with E-state index in [2.05, 4.69) is 6.92 Å². The number of nitrogens with zero attached hydrogens (tertiary/aromatic N) is 11. The molecule has 6 aliphatic rings. The maximum absolute atomic E-state index is 12.8. The highest BCUT2D eigenvalue weighted by molar-refractivity contribution is 5.91. The molecule has 5 amide bonds. The van der Waals surface area contributed by atoms with Crippen LogP contribution < -0.4 is 0 Å². The third-order valence-corrected chi connectivity index (χ3v) is 24.9. The summed E-state index contributed by atoms with van der Waals surface area (Å²) in [6.07, 6.45) is 6.98. The lowest BCUT2D eigenvalue weighted by molar-refractivity contribution is -0.271. The van der Waals surface area contributed by atoms with Gasteiger partial charge in [0.2, 0.25) is 29.5 Å². The molecule has 0 aliphatic carbocycles. The molecular weight excluding hydrogens is 1290 g/mol. The number of amides is 5. The lowest BCUT2D eigenvalue weighted by Crippen LogP contribution is -2.74. The highest BCUT2D eigenvalue weighted by Crippen LogP contribution is 2.50. The molecule has 0 radical (unpaired) electrons. The van der Waals surface area contributed by atoms with Crippen LogP contribution >= 0.6 is 0 Å². The Kier molecular flexibility index (Phi) is 31.4. The van der Waals surface area contributed by atoms with Crippen LogP contribution in [-0.2, 0) is 28.8 Å². The SMILES string of the molecule is CCC1(C)C(=O)N(C(C)(C)C)CC(C)(C)N1O.CCC1(C)C(=O)N(C(C)C)CC(C)(C)N1O.CCC1(C)CN(C(C)(C)C)C(=O)C(C)(CC)N1O.CCC1(CC)C(=O)CC(C)(C)C(C)(C)N1O.CCC1(CC)C(=O)N(C(C)(C)C)CC(C)(C)N1O.CCC1(CC)C(=O)N(C(C)C)CC(C)(C)N1O. The highest BCUT2D eigenvalue weighted by atomic mass is 16.5. The van der Waals surface area contributed by atoms with E-state index in [-0.39, 0.29) is 80.5 Å². The third kappa shape index (κ3) is 18.3. The van der Waals surface area contributed by atoms with E-state index in [0.717, 1.165) is 6.42 Å². The molecule has 4 atom stereocenters. The molecule has 6 N–H and O–H groups in total. The first-order valence-electron chi connectivity index (χ1n) is 38.6. The summed E-state index contributed by atoms with van der Waals surface area (Å²) in [5.41, 5.74) is -7.93. The van der Waals surface area contributed by atoms with Crippen molar-refractivity contribution in [2.45, 2.75) is 436 Å². The van der Waals surface area contributed by atoms with Crippen molar-refractivity contribution in [3.8, 4) is 0 Å². The lowest BCUT2D eigenvalue weighted by atomic mass is 9.62. The summed E-state index contributed by atoms with van der Waals surface area (Å²) >= 11 is 0. The molecule has 102 heavy (non-hydrogen) atoms. The zero-order valence-corrected chi connectivity index (χ0v) is 72.5. The van der Waals surface area contributed by atoms with Crippen LogP contribution in [0.15, 0.2) is 0 Å². The predicted molar refractivity (Wildman–Crippen MR) is 408 cm³/mol. The number of ketones is 1. The molecule has 6 saturated heterocycles. The Bertz CT molecular complexity index is 2810. The Morgan fingerprint density at radius 3 is 0.882 bits per heavy atom. The van der Waals surface area contributed by atoms with Gasteiger partial charge in [0.25, 0.3) is 0 Å².